The summed E-state index contributed by atoms with van der Waals surface area (Å²) in [7, 11) is 0. The summed E-state index contributed by atoms with van der Waals surface area (Å²) in [6.07, 6.45) is 0. The maximum absolute atomic E-state index is 13.8. The van der Waals surface area contributed by atoms with Crippen LogP contribution in [0.5, 0.6) is 0 Å². The lowest BCUT2D eigenvalue weighted by Crippen LogP contribution is -2.23. The molecule has 0 saturated heterocycles. The number of carbonyl (C=O) groups excluding carboxylic acids is 3. The summed E-state index contributed by atoms with van der Waals surface area (Å²) in [5.41, 5.74) is 2.13. The van der Waals surface area contributed by atoms with Gasteiger partial charge < -0.3 is 19.9 Å². The number of thiophene rings is 1. The van der Waals surface area contributed by atoms with E-state index in [0.29, 0.717) is 27.2 Å². The fraction of sp³-hybridized carbons (Fsp3) is 0.318. The molecule has 7 nitrogen and oxygen atoms in total. The van der Waals surface area contributed by atoms with Crippen molar-refractivity contribution in [3.63, 3.8) is 0 Å². The summed E-state index contributed by atoms with van der Waals surface area (Å²) in [5.74, 6) is -1.84. The minimum atomic E-state index is -0.638. The molecule has 0 aliphatic carbocycles. The second-order valence-corrected chi connectivity index (χ2v) is 8.39. The Morgan fingerprint density at radius 2 is 1.87 bits per heavy atom. The summed E-state index contributed by atoms with van der Waals surface area (Å²) < 4.78 is 20.6. The van der Waals surface area contributed by atoms with E-state index in [-0.39, 0.29) is 24.8 Å². The van der Waals surface area contributed by atoms with Gasteiger partial charge >= 0.3 is 5.97 Å². The summed E-state index contributed by atoms with van der Waals surface area (Å²) in [6, 6.07) is 4.42. The Kier molecular flexibility index (Phi) is 6.45. The average molecular weight is 446 g/mol. The zero-order chi connectivity index (χ0) is 22.9. The van der Waals surface area contributed by atoms with Crippen LogP contribution in [0.25, 0.3) is 10.2 Å². The van der Waals surface area contributed by atoms with E-state index < -0.39 is 17.7 Å². The number of nitrogens with zero attached hydrogens (tertiary/aromatic N) is 1. The number of ether oxygens (including phenoxy) is 1. The van der Waals surface area contributed by atoms with E-state index >= 15 is 0 Å². The van der Waals surface area contributed by atoms with Crippen molar-refractivity contribution in [1.82, 2.24) is 4.57 Å². The Morgan fingerprint density at radius 3 is 2.48 bits per heavy atom. The minimum absolute atomic E-state index is 0.103. The van der Waals surface area contributed by atoms with Crippen molar-refractivity contribution >= 4 is 50.7 Å². The zero-order valence-electron chi connectivity index (χ0n) is 18.0. The number of benzene rings is 1. The molecule has 0 bridgehead atoms. The van der Waals surface area contributed by atoms with Crippen LogP contribution < -0.4 is 10.6 Å². The van der Waals surface area contributed by atoms with Crippen molar-refractivity contribution in [1.29, 1.82) is 0 Å². The van der Waals surface area contributed by atoms with E-state index in [4.69, 9.17) is 4.74 Å². The number of amides is 2. The van der Waals surface area contributed by atoms with Crippen molar-refractivity contribution in [3.05, 3.63) is 45.7 Å². The highest BCUT2D eigenvalue weighted by molar-refractivity contribution is 7.19. The maximum atomic E-state index is 13.8. The van der Waals surface area contributed by atoms with E-state index in [1.165, 1.54) is 24.3 Å². The number of rotatable bonds is 6. The van der Waals surface area contributed by atoms with Crippen molar-refractivity contribution in [3.8, 4) is 0 Å². The third-order valence-corrected chi connectivity index (χ3v) is 6.13. The lowest BCUT2D eigenvalue weighted by molar-refractivity contribution is -0.116. The Hall–Kier alpha value is -3.20. The highest BCUT2D eigenvalue weighted by Gasteiger charge is 2.29. The van der Waals surface area contributed by atoms with Gasteiger partial charge in [0.15, 0.2) is 5.69 Å². The molecule has 0 atom stereocenters. The van der Waals surface area contributed by atoms with E-state index in [0.717, 1.165) is 10.4 Å². The average Bonchev–Trinajstić information content (AvgIpc) is 3.12. The van der Waals surface area contributed by atoms with Crippen LogP contribution in [-0.2, 0) is 20.9 Å². The molecule has 0 aliphatic heterocycles. The molecule has 3 aromatic rings. The van der Waals surface area contributed by atoms with Crippen LogP contribution in [0.4, 0.5) is 15.8 Å². The second kappa shape index (κ2) is 8.89. The molecule has 2 heterocycles. The first-order valence-corrected chi connectivity index (χ1v) is 10.6. The van der Waals surface area contributed by atoms with E-state index in [1.54, 1.807) is 30.5 Å². The number of nitrogens with one attached hydrogen (secondary N) is 2. The monoisotopic (exact) mass is 445 g/mol. The molecule has 0 radical (unpaired) electrons. The Bertz CT molecular complexity index is 1200. The maximum Gasteiger partial charge on any atom is 0.357 e. The summed E-state index contributed by atoms with van der Waals surface area (Å²) in [5, 5.41) is 6.09. The standard InChI is InChI=1S/C22H24FN3O4S/c1-6-30-22(29)20-19(24-14(5)27)18-12(3)13(4)31-21(18)26(20)10-17(28)25-15-8-7-11(2)16(23)9-15/h7-9H,6,10H2,1-5H3,(H,24,27)(H,25,28). The van der Waals surface area contributed by atoms with E-state index in [2.05, 4.69) is 10.6 Å². The lowest BCUT2D eigenvalue weighted by Gasteiger charge is -2.12. The van der Waals surface area contributed by atoms with Gasteiger partial charge in [0.25, 0.3) is 0 Å². The molecule has 2 amide bonds. The van der Waals surface area contributed by atoms with Crippen molar-refractivity contribution < 1.29 is 23.5 Å². The van der Waals surface area contributed by atoms with Crippen molar-refractivity contribution in [2.75, 3.05) is 17.2 Å². The molecule has 9 heteroatoms. The van der Waals surface area contributed by atoms with Gasteiger partial charge in [-0.3, -0.25) is 9.59 Å². The van der Waals surface area contributed by atoms with Gasteiger partial charge in [-0.1, -0.05) is 6.07 Å². The number of anilines is 2. The predicted octanol–water partition coefficient (Wildman–Crippen LogP) is 4.54. The number of carbonyl (C=O) groups is 3. The van der Waals surface area contributed by atoms with Crippen LogP contribution in [0.2, 0.25) is 0 Å². The molecule has 0 saturated carbocycles. The first-order valence-electron chi connectivity index (χ1n) is 9.76. The molecule has 2 aromatic heterocycles. The molecule has 0 fully saturated rings. The van der Waals surface area contributed by atoms with Gasteiger partial charge in [-0.2, -0.15) is 0 Å². The fourth-order valence-electron chi connectivity index (χ4n) is 3.32. The summed E-state index contributed by atoms with van der Waals surface area (Å²) >= 11 is 1.42. The first kappa shape index (κ1) is 22.5. The number of aromatic nitrogens is 1. The van der Waals surface area contributed by atoms with E-state index in [9.17, 15) is 18.8 Å². The van der Waals surface area contributed by atoms with Gasteiger partial charge in [0, 0.05) is 22.9 Å². The molecule has 0 spiro atoms. The van der Waals surface area contributed by atoms with Gasteiger partial charge in [-0.15, -0.1) is 11.3 Å². The SMILES string of the molecule is CCOC(=O)c1c(NC(C)=O)c2c(C)c(C)sc2n1CC(=O)Nc1ccc(C)c(F)c1. The Labute approximate surface area is 183 Å². The van der Waals surface area contributed by atoms with Gasteiger partial charge in [-0.25, -0.2) is 9.18 Å². The Morgan fingerprint density at radius 1 is 1.16 bits per heavy atom. The van der Waals surface area contributed by atoms with Gasteiger partial charge in [0.2, 0.25) is 11.8 Å². The largest absolute Gasteiger partial charge is 0.461 e. The minimum Gasteiger partial charge on any atom is -0.461 e. The lowest BCUT2D eigenvalue weighted by atomic mass is 10.2. The second-order valence-electron chi connectivity index (χ2n) is 7.19. The molecule has 0 unspecified atom stereocenters. The molecular weight excluding hydrogens is 421 g/mol. The smallest absolute Gasteiger partial charge is 0.357 e. The van der Waals surface area contributed by atoms with Crippen LogP contribution in [-0.4, -0.2) is 29.0 Å². The number of aryl methyl sites for hydroxylation is 3. The molecule has 0 aliphatic rings. The topological polar surface area (TPSA) is 89.4 Å². The summed E-state index contributed by atoms with van der Waals surface area (Å²) in [6.45, 7) is 8.43. The summed E-state index contributed by atoms with van der Waals surface area (Å²) in [4.78, 5) is 39.1. The third-order valence-electron chi connectivity index (χ3n) is 4.90. The zero-order valence-corrected chi connectivity index (χ0v) is 18.8. The van der Waals surface area contributed by atoms with Gasteiger partial charge in [0.05, 0.1) is 12.3 Å². The first-order chi connectivity index (χ1) is 14.6. The molecule has 2 N–H and O–H groups in total. The Balaban J connectivity index is 2.08. The third kappa shape index (κ3) is 4.46. The van der Waals surface area contributed by atoms with Crippen LogP contribution in [0.1, 0.15) is 40.3 Å². The molecule has 3 rings (SSSR count). The molecule has 164 valence electrons. The number of hydrogen-bond acceptors (Lipinski definition) is 5. The predicted molar refractivity (Wildman–Crippen MR) is 119 cm³/mol. The van der Waals surface area contributed by atoms with Crippen LogP contribution >= 0.6 is 11.3 Å². The fourth-order valence-corrected chi connectivity index (χ4v) is 4.49. The highest BCUT2D eigenvalue weighted by atomic mass is 32.1. The van der Waals surface area contributed by atoms with Crippen LogP contribution in [0.15, 0.2) is 18.2 Å². The van der Waals surface area contributed by atoms with Gasteiger partial charge in [0.1, 0.15) is 17.2 Å². The number of fused-ring (bicyclic) bond motifs is 1. The number of esters is 1. The molecule has 31 heavy (non-hydrogen) atoms. The van der Waals surface area contributed by atoms with Crippen molar-refractivity contribution in [2.24, 2.45) is 0 Å². The van der Waals surface area contributed by atoms with Crippen LogP contribution in [0.3, 0.4) is 0 Å². The molecule has 1 aromatic carbocycles. The number of halogens is 1. The van der Waals surface area contributed by atoms with Gasteiger partial charge in [-0.05, 0) is 51.0 Å². The van der Waals surface area contributed by atoms with Crippen molar-refractivity contribution in [2.45, 2.75) is 41.2 Å². The number of hydrogen-bond donors (Lipinski definition) is 2. The normalized spacial score (nSPS) is 10.9. The highest BCUT2D eigenvalue weighted by Crippen LogP contribution is 2.40. The molecular formula is C22H24FN3O4S. The van der Waals surface area contributed by atoms with Crippen LogP contribution in [0, 0.1) is 26.6 Å². The quantitative estimate of drug-likeness (QED) is 0.545. The van der Waals surface area contributed by atoms with E-state index in [1.807, 2.05) is 13.8 Å².